The van der Waals surface area contributed by atoms with Crippen molar-refractivity contribution in [2.45, 2.75) is 0 Å². The molecule has 0 fully saturated rings. The second-order valence-corrected chi connectivity index (χ2v) is 11.3. The number of hydrogen-bond acceptors (Lipinski definition) is 0. The molecule has 1 nitrogen and oxygen atoms in total. The van der Waals surface area contributed by atoms with Crippen molar-refractivity contribution in [2.75, 3.05) is 0 Å². The molecule has 0 bridgehead atoms. The first kappa shape index (κ1) is 24.0. The Morgan fingerprint density at radius 2 is 0.744 bits per heavy atom. The third-order valence-electron chi connectivity index (χ3n) is 8.95. The Labute approximate surface area is 249 Å². The first-order chi connectivity index (χ1) is 21.4. The fourth-order valence-corrected chi connectivity index (χ4v) is 7.10. The highest BCUT2D eigenvalue weighted by Gasteiger charge is 2.21. The minimum atomic E-state index is 1.22. The summed E-state index contributed by atoms with van der Waals surface area (Å²) in [6.45, 7) is 0. The maximum atomic E-state index is 2.48. The van der Waals surface area contributed by atoms with Gasteiger partial charge in [-0.3, -0.25) is 0 Å². The largest absolute Gasteiger partial charge is 0.308 e. The van der Waals surface area contributed by atoms with Gasteiger partial charge >= 0.3 is 0 Å². The van der Waals surface area contributed by atoms with E-state index in [1.54, 1.807) is 0 Å². The summed E-state index contributed by atoms with van der Waals surface area (Å²) in [6, 6.07) is 59.8. The topological polar surface area (TPSA) is 4.93 Å². The summed E-state index contributed by atoms with van der Waals surface area (Å²) in [5.74, 6) is 0. The molecular formula is C42H27N. The van der Waals surface area contributed by atoms with Gasteiger partial charge in [0.15, 0.2) is 0 Å². The zero-order chi connectivity index (χ0) is 28.3. The molecule has 0 radical (unpaired) electrons. The summed E-state index contributed by atoms with van der Waals surface area (Å²) in [5, 5.41) is 10.0. The van der Waals surface area contributed by atoms with Crippen LogP contribution in [0.1, 0.15) is 0 Å². The first-order valence-corrected chi connectivity index (χ1v) is 14.9. The van der Waals surface area contributed by atoms with Crippen molar-refractivity contribution in [3.8, 4) is 27.9 Å². The summed E-state index contributed by atoms with van der Waals surface area (Å²) >= 11 is 0. The third kappa shape index (κ3) is 3.58. The van der Waals surface area contributed by atoms with Crippen LogP contribution < -0.4 is 0 Å². The van der Waals surface area contributed by atoms with E-state index in [0.29, 0.717) is 0 Å². The third-order valence-corrected chi connectivity index (χ3v) is 8.95. The van der Waals surface area contributed by atoms with Crippen molar-refractivity contribution < 1.29 is 0 Å². The van der Waals surface area contributed by atoms with Gasteiger partial charge in [-0.05, 0) is 68.1 Å². The quantitative estimate of drug-likeness (QED) is 0.195. The van der Waals surface area contributed by atoms with Gasteiger partial charge in [-0.2, -0.15) is 0 Å². The van der Waals surface area contributed by atoms with E-state index in [2.05, 4.69) is 168 Å². The molecule has 9 rings (SSSR count). The van der Waals surface area contributed by atoms with Gasteiger partial charge in [0.2, 0.25) is 0 Å². The molecule has 0 spiro atoms. The van der Waals surface area contributed by atoms with Crippen molar-refractivity contribution in [1.29, 1.82) is 0 Å². The Morgan fingerprint density at radius 3 is 1.30 bits per heavy atom. The van der Waals surface area contributed by atoms with Gasteiger partial charge in [0, 0.05) is 21.5 Å². The van der Waals surface area contributed by atoms with Crippen LogP contribution in [0.2, 0.25) is 0 Å². The Bertz CT molecular complexity index is 2390. The first-order valence-electron chi connectivity index (χ1n) is 14.9. The van der Waals surface area contributed by atoms with Gasteiger partial charge in [0.1, 0.15) is 0 Å². The lowest BCUT2D eigenvalue weighted by Gasteiger charge is -2.21. The van der Waals surface area contributed by atoms with Crippen molar-refractivity contribution >= 4 is 54.1 Å². The molecule has 200 valence electrons. The number of aromatic nitrogens is 1. The monoisotopic (exact) mass is 545 g/mol. The van der Waals surface area contributed by atoms with Crippen molar-refractivity contribution in [3.05, 3.63) is 164 Å². The molecule has 0 amide bonds. The summed E-state index contributed by atoms with van der Waals surface area (Å²) in [4.78, 5) is 0. The lowest BCUT2D eigenvalue weighted by molar-refractivity contribution is 1.21. The van der Waals surface area contributed by atoms with E-state index in [-0.39, 0.29) is 0 Å². The molecule has 43 heavy (non-hydrogen) atoms. The summed E-state index contributed by atoms with van der Waals surface area (Å²) in [6.07, 6.45) is 0. The molecule has 0 aliphatic rings. The summed E-state index contributed by atoms with van der Waals surface area (Å²) in [7, 11) is 0. The molecule has 8 aromatic carbocycles. The van der Waals surface area contributed by atoms with Gasteiger partial charge < -0.3 is 4.57 Å². The number of para-hydroxylation sites is 2. The van der Waals surface area contributed by atoms with E-state index in [9.17, 15) is 0 Å². The van der Waals surface area contributed by atoms with E-state index in [4.69, 9.17) is 0 Å². The fourth-order valence-electron chi connectivity index (χ4n) is 7.10. The van der Waals surface area contributed by atoms with Gasteiger partial charge in [-0.1, -0.05) is 140 Å². The van der Waals surface area contributed by atoms with Gasteiger partial charge in [-0.25, -0.2) is 0 Å². The molecule has 1 aromatic heterocycles. The van der Waals surface area contributed by atoms with Crippen molar-refractivity contribution in [3.63, 3.8) is 0 Å². The Balaban J connectivity index is 1.49. The van der Waals surface area contributed by atoms with Crippen LogP contribution in [0.3, 0.4) is 0 Å². The second-order valence-electron chi connectivity index (χ2n) is 11.3. The smallest absolute Gasteiger partial charge is 0.0619 e. The van der Waals surface area contributed by atoms with Crippen LogP contribution in [0.25, 0.3) is 82.1 Å². The Hall–Kier alpha value is -5.66. The van der Waals surface area contributed by atoms with Crippen LogP contribution in [0, 0.1) is 0 Å². The molecule has 0 N–H and O–H groups in total. The molecule has 0 aliphatic carbocycles. The zero-order valence-corrected chi connectivity index (χ0v) is 23.5. The van der Waals surface area contributed by atoms with Crippen molar-refractivity contribution in [2.24, 2.45) is 0 Å². The van der Waals surface area contributed by atoms with E-state index < -0.39 is 0 Å². The van der Waals surface area contributed by atoms with Crippen LogP contribution in [0.15, 0.2) is 164 Å². The maximum Gasteiger partial charge on any atom is 0.0619 e. The lowest BCUT2D eigenvalue weighted by atomic mass is 9.85. The highest BCUT2D eigenvalue weighted by molar-refractivity contribution is 6.22. The number of benzene rings is 8. The fraction of sp³-hybridized carbons (Fsp3) is 0. The molecule has 0 saturated carbocycles. The SMILES string of the molecule is c1ccc(-c2cc3ccccc3cc2-c2c3ccccc3c(-n3c4ccccc4c4ccccc43)c3ccccc23)cc1. The average Bonchev–Trinajstić information content (AvgIpc) is 3.41. The zero-order valence-electron chi connectivity index (χ0n) is 23.5. The second kappa shape index (κ2) is 9.44. The number of rotatable bonds is 3. The minimum absolute atomic E-state index is 1.22. The predicted octanol–water partition coefficient (Wildman–Crippen LogP) is 11.6. The molecule has 0 atom stereocenters. The predicted molar refractivity (Wildman–Crippen MR) is 184 cm³/mol. The molecular weight excluding hydrogens is 518 g/mol. The number of fused-ring (bicyclic) bond motifs is 6. The molecule has 0 aliphatic heterocycles. The van der Waals surface area contributed by atoms with Crippen LogP contribution in [-0.4, -0.2) is 4.57 Å². The highest BCUT2D eigenvalue weighted by atomic mass is 15.0. The average molecular weight is 546 g/mol. The molecule has 1 heteroatoms. The summed E-state index contributed by atoms with van der Waals surface area (Å²) < 4.78 is 2.48. The van der Waals surface area contributed by atoms with Crippen molar-refractivity contribution in [1.82, 2.24) is 4.57 Å². The van der Waals surface area contributed by atoms with Crippen LogP contribution >= 0.6 is 0 Å². The standard InChI is InChI=1S/C42H27N/c1-2-14-28(15-3-1)37-26-29-16-4-5-17-30(29)27-38(37)41-33-20-6-8-22-35(33)42(36-23-9-7-21-34(36)41)43-39-24-12-10-18-31(39)32-19-11-13-25-40(32)43/h1-27H. The molecule has 0 unspecified atom stereocenters. The van der Waals surface area contributed by atoms with Crippen LogP contribution in [0.5, 0.6) is 0 Å². The van der Waals surface area contributed by atoms with Gasteiger partial charge in [0.05, 0.1) is 16.7 Å². The van der Waals surface area contributed by atoms with Crippen LogP contribution in [-0.2, 0) is 0 Å². The minimum Gasteiger partial charge on any atom is -0.308 e. The number of hydrogen-bond donors (Lipinski definition) is 0. The maximum absolute atomic E-state index is 2.48. The van der Waals surface area contributed by atoms with E-state index in [1.165, 1.54) is 82.1 Å². The van der Waals surface area contributed by atoms with Gasteiger partial charge in [-0.15, -0.1) is 0 Å². The molecule has 1 heterocycles. The Kier molecular flexibility index (Phi) is 5.27. The van der Waals surface area contributed by atoms with E-state index in [1.807, 2.05) is 0 Å². The highest BCUT2D eigenvalue weighted by Crippen LogP contribution is 2.46. The lowest BCUT2D eigenvalue weighted by Crippen LogP contribution is -1.99. The normalized spacial score (nSPS) is 11.7. The molecule has 9 aromatic rings. The van der Waals surface area contributed by atoms with E-state index >= 15 is 0 Å². The summed E-state index contributed by atoms with van der Waals surface area (Å²) in [5.41, 5.74) is 8.69. The molecule has 0 saturated heterocycles. The Morgan fingerprint density at radius 1 is 0.326 bits per heavy atom. The van der Waals surface area contributed by atoms with Gasteiger partial charge in [0.25, 0.3) is 0 Å². The number of nitrogens with zero attached hydrogens (tertiary/aromatic N) is 1. The van der Waals surface area contributed by atoms with Crippen LogP contribution in [0.4, 0.5) is 0 Å². The van der Waals surface area contributed by atoms with E-state index in [0.717, 1.165) is 0 Å².